The summed E-state index contributed by atoms with van der Waals surface area (Å²) >= 11 is 0. The largest absolute Gasteiger partial charge is 0.497 e. The summed E-state index contributed by atoms with van der Waals surface area (Å²) in [5, 5.41) is 8.16. The Bertz CT molecular complexity index is 1150. The summed E-state index contributed by atoms with van der Waals surface area (Å²) in [6.07, 6.45) is 2.20. The summed E-state index contributed by atoms with van der Waals surface area (Å²) in [7, 11) is 3.28. The first-order valence-electron chi connectivity index (χ1n) is 9.96. The van der Waals surface area contributed by atoms with Gasteiger partial charge in [0, 0.05) is 28.8 Å². The van der Waals surface area contributed by atoms with Crippen molar-refractivity contribution in [2.24, 2.45) is 0 Å². The monoisotopic (exact) mass is 402 g/mol. The quantitative estimate of drug-likeness (QED) is 0.711. The molecule has 1 aliphatic heterocycles. The summed E-state index contributed by atoms with van der Waals surface area (Å²) in [5.41, 5.74) is 3.46. The van der Waals surface area contributed by atoms with Crippen molar-refractivity contribution in [2.75, 3.05) is 19.5 Å². The summed E-state index contributed by atoms with van der Waals surface area (Å²) in [4.78, 5) is 17.7. The molecule has 2 aromatic carbocycles. The van der Waals surface area contributed by atoms with Gasteiger partial charge in [0.1, 0.15) is 17.5 Å². The van der Waals surface area contributed by atoms with Gasteiger partial charge in [0.2, 0.25) is 5.95 Å². The van der Waals surface area contributed by atoms with E-state index >= 15 is 0 Å². The Balaban J connectivity index is 1.67. The Hall–Kier alpha value is -3.61. The van der Waals surface area contributed by atoms with Crippen LogP contribution >= 0.6 is 0 Å². The highest BCUT2D eigenvalue weighted by molar-refractivity contribution is 5.99. The van der Waals surface area contributed by atoms with Gasteiger partial charge in [-0.1, -0.05) is 18.2 Å². The maximum Gasteiger partial charge on any atom is 0.226 e. The van der Waals surface area contributed by atoms with Crippen molar-refractivity contribution in [3.63, 3.8) is 0 Å². The van der Waals surface area contributed by atoms with Crippen LogP contribution in [0.1, 0.15) is 30.9 Å². The minimum absolute atomic E-state index is 0.145. The molecule has 0 spiro atoms. The number of ketones is 1. The van der Waals surface area contributed by atoms with Crippen molar-refractivity contribution < 1.29 is 14.3 Å². The molecule has 1 aromatic heterocycles. The van der Waals surface area contributed by atoms with Crippen molar-refractivity contribution >= 4 is 11.7 Å². The second-order valence-electron chi connectivity index (χ2n) is 7.37. The predicted octanol–water partition coefficient (Wildman–Crippen LogP) is 3.98. The molecular formula is C23H22N4O3. The average molecular weight is 402 g/mol. The minimum Gasteiger partial charge on any atom is -0.497 e. The number of allylic oxidation sites excluding steroid dienone is 2. The van der Waals surface area contributed by atoms with Crippen LogP contribution in [0.3, 0.4) is 0 Å². The van der Waals surface area contributed by atoms with Crippen LogP contribution in [0.4, 0.5) is 5.95 Å². The SMILES string of the molecule is COc1ccc(-c2nc3n(n2)C(c2ccccc2OC)C2=C(CCCC2=O)N3)cc1. The Labute approximate surface area is 174 Å². The number of aromatic nitrogens is 3. The standard InChI is InChI=1S/C23H22N4O3/c1-29-15-12-10-14(11-13-15)22-25-23-24-17-7-5-8-18(28)20(17)21(27(23)26-22)16-6-3-4-9-19(16)30-2/h3-4,6,9-13,21H,5,7-8H2,1-2H3,(H,24,25,26). The van der Waals surface area contributed by atoms with Crippen LogP contribution in [0.5, 0.6) is 11.5 Å². The molecule has 0 radical (unpaired) electrons. The summed E-state index contributed by atoms with van der Waals surface area (Å²) < 4.78 is 12.7. The maximum atomic E-state index is 13.0. The lowest BCUT2D eigenvalue weighted by Gasteiger charge is -2.32. The van der Waals surface area contributed by atoms with Crippen LogP contribution in [0, 0.1) is 0 Å². The first-order valence-corrected chi connectivity index (χ1v) is 9.96. The van der Waals surface area contributed by atoms with Crippen LogP contribution in [0.15, 0.2) is 59.8 Å². The zero-order valence-corrected chi connectivity index (χ0v) is 16.9. The topological polar surface area (TPSA) is 78.3 Å². The molecule has 0 fully saturated rings. The van der Waals surface area contributed by atoms with E-state index in [1.165, 1.54) is 0 Å². The van der Waals surface area contributed by atoms with E-state index in [0.29, 0.717) is 18.2 Å². The lowest BCUT2D eigenvalue weighted by Crippen LogP contribution is -2.31. The van der Waals surface area contributed by atoms with Gasteiger partial charge in [-0.25, -0.2) is 4.68 Å². The normalized spacial score (nSPS) is 17.8. The fourth-order valence-electron chi connectivity index (χ4n) is 4.20. The van der Waals surface area contributed by atoms with Crippen LogP contribution < -0.4 is 14.8 Å². The fourth-order valence-corrected chi connectivity index (χ4v) is 4.20. The average Bonchev–Trinajstić information content (AvgIpc) is 3.21. The number of Topliss-reactive ketones (excluding diaryl/α,β-unsaturated/α-hetero) is 1. The number of carbonyl (C=O) groups excluding carboxylic acids is 1. The molecule has 2 aliphatic rings. The predicted molar refractivity (Wildman–Crippen MR) is 113 cm³/mol. The molecular weight excluding hydrogens is 380 g/mol. The molecule has 152 valence electrons. The number of hydrogen-bond donors (Lipinski definition) is 1. The number of para-hydroxylation sites is 1. The van der Waals surface area contributed by atoms with E-state index < -0.39 is 0 Å². The fraction of sp³-hybridized carbons (Fsp3) is 0.261. The van der Waals surface area contributed by atoms with Crippen molar-refractivity contribution in [3.8, 4) is 22.9 Å². The van der Waals surface area contributed by atoms with Crippen LogP contribution in [0.25, 0.3) is 11.4 Å². The van der Waals surface area contributed by atoms with E-state index in [4.69, 9.17) is 19.6 Å². The number of methoxy groups -OCH3 is 2. The Kier molecular flexibility index (Phi) is 4.50. The summed E-state index contributed by atoms with van der Waals surface area (Å²) in [6.45, 7) is 0. The van der Waals surface area contributed by atoms with Gasteiger partial charge in [0.25, 0.3) is 0 Å². The van der Waals surface area contributed by atoms with Gasteiger partial charge in [-0.2, -0.15) is 4.98 Å². The van der Waals surface area contributed by atoms with Gasteiger partial charge in [-0.15, -0.1) is 5.10 Å². The maximum absolute atomic E-state index is 13.0. The molecule has 1 unspecified atom stereocenters. The number of nitrogens with one attached hydrogen (secondary N) is 1. The van der Waals surface area contributed by atoms with Gasteiger partial charge < -0.3 is 14.8 Å². The number of fused-ring (bicyclic) bond motifs is 1. The number of nitrogens with zero attached hydrogens (tertiary/aromatic N) is 3. The van der Waals surface area contributed by atoms with E-state index in [9.17, 15) is 4.79 Å². The first-order chi connectivity index (χ1) is 14.7. The van der Waals surface area contributed by atoms with E-state index in [1.807, 2.05) is 48.5 Å². The number of carbonyl (C=O) groups is 1. The Morgan fingerprint density at radius 1 is 1.03 bits per heavy atom. The van der Waals surface area contributed by atoms with Crippen LogP contribution in [-0.2, 0) is 4.79 Å². The molecule has 0 saturated carbocycles. The second-order valence-corrected chi connectivity index (χ2v) is 7.37. The summed E-state index contributed by atoms with van der Waals surface area (Å²) in [5.74, 6) is 2.86. The number of rotatable bonds is 4. The van der Waals surface area contributed by atoms with E-state index in [2.05, 4.69) is 5.32 Å². The lowest BCUT2D eigenvalue weighted by atomic mass is 9.85. The molecule has 7 nitrogen and oxygen atoms in total. The smallest absolute Gasteiger partial charge is 0.226 e. The van der Waals surface area contributed by atoms with Crippen molar-refractivity contribution in [1.29, 1.82) is 0 Å². The molecule has 7 heteroatoms. The third kappa shape index (κ3) is 2.94. The van der Waals surface area contributed by atoms with Gasteiger partial charge in [0.05, 0.1) is 14.2 Å². The van der Waals surface area contributed by atoms with Gasteiger partial charge >= 0.3 is 0 Å². The van der Waals surface area contributed by atoms with Crippen LogP contribution in [-0.4, -0.2) is 34.8 Å². The third-order valence-electron chi connectivity index (χ3n) is 5.65. The van der Waals surface area contributed by atoms with Gasteiger partial charge in [-0.3, -0.25) is 4.79 Å². The Morgan fingerprint density at radius 3 is 2.60 bits per heavy atom. The minimum atomic E-state index is -0.375. The number of benzene rings is 2. The number of ether oxygens (including phenoxy) is 2. The lowest BCUT2D eigenvalue weighted by molar-refractivity contribution is -0.116. The molecule has 1 aliphatic carbocycles. The van der Waals surface area contributed by atoms with Gasteiger partial charge in [-0.05, 0) is 43.2 Å². The highest BCUT2D eigenvalue weighted by Crippen LogP contribution is 2.43. The number of hydrogen-bond acceptors (Lipinski definition) is 6. The first kappa shape index (κ1) is 18.4. The second kappa shape index (κ2) is 7.33. The molecule has 5 rings (SSSR count). The molecule has 1 N–H and O–H groups in total. The zero-order chi connectivity index (χ0) is 20.7. The molecule has 3 aromatic rings. The van der Waals surface area contributed by atoms with Crippen molar-refractivity contribution in [2.45, 2.75) is 25.3 Å². The van der Waals surface area contributed by atoms with E-state index in [-0.39, 0.29) is 11.8 Å². The number of anilines is 1. The van der Waals surface area contributed by atoms with Gasteiger partial charge in [0.15, 0.2) is 11.6 Å². The highest BCUT2D eigenvalue weighted by atomic mass is 16.5. The molecule has 1 atom stereocenters. The Morgan fingerprint density at radius 2 is 1.83 bits per heavy atom. The van der Waals surface area contributed by atoms with E-state index in [1.54, 1.807) is 18.9 Å². The molecule has 0 amide bonds. The zero-order valence-electron chi connectivity index (χ0n) is 16.9. The van der Waals surface area contributed by atoms with Crippen molar-refractivity contribution in [1.82, 2.24) is 14.8 Å². The van der Waals surface area contributed by atoms with Crippen LogP contribution in [0.2, 0.25) is 0 Å². The van der Waals surface area contributed by atoms with Crippen molar-refractivity contribution in [3.05, 3.63) is 65.4 Å². The molecule has 0 saturated heterocycles. The molecule has 0 bridgehead atoms. The third-order valence-corrected chi connectivity index (χ3v) is 5.65. The molecule has 30 heavy (non-hydrogen) atoms. The van der Waals surface area contributed by atoms with E-state index in [0.717, 1.165) is 46.7 Å². The highest BCUT2D eigenvalue weighted by Gasteiger charge is 2.38. The molecule has 2 heterocycles. The summed E-state index contributed by atoms with van der Waals surface area (Å²) in [6, 6.07) is 15.0.